The van der Waals surface area contributed by atoms with Crippen LogP contribution in [0.1, 0.15) is 63.7 Å². The molecule has 0 atom stereocenters. The van der Waals surface area contributed by atoms with E-state index >= 15 is 0 Å². The number of carboxylic acids is 1. The minimum atomic E-state index is -0.863. The maximum atomic E-state index is 11.2. The highest BCUT2D eigenvalue weighted by Gasteiger charge is 2.08. The molecule has 0 fully saturated rings. The van der Waals surface area contributed by atoms with Gasteiger partial charge in [0.1, 0.15) is 0 Å². The molecule has 0 aromatic heterocycles. The summed E-state index contributed by atoms with van der Waals surface area (Å²) in [5, 5.41) is 9.20. The molecular formula is C22H31FO2S. The van der Waals surface area contributed by atoms with Gasteiger partial charge in [-0.15, -0.1) is 11.8 Å². The van der Waals surface area contributed by atoms with Crippen LogP contribution >= 0.6 is 11.8 Å². The summed E-state index contributed by atoms with van der Waals surface area (Å²) in [6.07, 6.45) is 11.2. The molecule has 144 valence electrons. The number of rotatable bonds is 10. The Morgan fingerprint density at radius 1 is 0.962 bits per heavy atom. The Morgan fingerprint density at radius 2 is 1.54 bits per heavy atom. The number of carbonyl (C=O) groups is 1. The first-order valence-electron chi connectivity index (χ1n) is 8.80. The van der Waals surface area contributed by atoms with Crippen molar-refractivity contribution in [2.45, 2.75) is 58.3 Å². The van der Waals surface area contributed by atoms with Crippen molar-refractivity contribution in [3.05, 3.63) is 64.8 Å². The summed E-state index contributed by atoms with van der Waals surface area (Å²) in [5.41, 5.74) is 4.57. The molecule has 0 heterocycles. The molecule has 2 nitrogen and oxygen atoms in total. The highest BCUT2D eigenvalue weighted by Crippen LogP contribution is 2.23. The molecule has 1 rings (SSSR count). The minimum Gasteiger partial charge on any atom is -0.478 e. The van der Waals surface area contributed by atoms with E-state index in [1.807, 2.05) is 12.1 Å². The predicted octanol–water partition coefficient (Wildman–Crippen LogP) is 7.05. The Balaban J connectivity index is 0.00000625. The second-order valence-corrected chi connectivity index (χ2v) is 7.63. The number of hydrogen-bond acceptors (Lipinski definition) is 2. The average molecular weight is 379 g/mol. The van der Waals surface area contributed by atoms with Crippen molar-refractivity contribution in [1.29, 1.82) is 0 Å². The Hall–Kier alpha value is -1.81. The Labute approximate surface area is 161 Å². The summed E-state index contributed by atoms with van der Waals surface area (Å²) in [6, 6.07) is 7.18. The van der Waals surface area contributed by atoms with Gasteiger partial charge >= 0.3 is 5.97 Å². The zero-order chi connectivity index (χ0) is 18.7. The van der Waals surface area contributed by atoms with E-state index in [1.54, 1.807) is 23.9 Å². The van der Waals surface area contributed by atoms with Crippen LogP contribution in [0.5, 0.6) is 0 Å². The van der Waals surface area contributed by atoms with Gasteiger partial charge in [0, 0.05) is 10.6 Å². The van der Waals surface area contributed by atoms with Gasteiger partial charge in [-0.05, 0) is 65.5 Å². The van der Waals surface area contributed by atoms with Gasteiger partial charge in [0.2, 0.25) is 0 Å². The Bertz CT molecular complexity index is 656. The van der Waals surface area contributed by atoms with Gasteiger partial charge in [-0.2, -0.15) is 0 Å². The molecule has 0 unspecified atom stereocenters. The maximum Gasteiger partial charge on any atom is 0.336 e. The van der Waals surface area contributed by atoms with Gasteiger partial charge in [-0.1, -0.05) is 47.1 Å². The standard InChI is InChI=1S/C22H30O2S.FH/c1-17(2)9-7-10-18(3)11-8-12-19(4)15-16-25-21-14-6-5-13-20(21)22(23)24;/h5-6,9,11,13-15H,7-8,10,12,16H2,1-4H3,(H,23,24);1H. The lowest BCUT2D eigenvalue weighted by Crippen LogP contribution is -1.98. The van der Waals surface area contributed by atoms with Crippen LogP contribution < -0.4 is 0 Å². The number of thioether (sulfide) groups is 1. The van der Waals surface area contributed by atoms with E-state index in [0.717, 1.165) is 36.3 Å². The summed E-state index contributed by atoms with van der Waals surface area (Å²) in [4.78, 5) is 12.0. The SMILES string of the molecule is CC(C)=CCCC(C)=CCCC(C)=CCSc1ccccc1C(=O)O.F. The molecular weight excluding hydrogens is 347 g/mol. The molecule has 26 heavy (non-hydrogen) atoms. The molecule has 0 bridgehead atoms. The summed E-state index contributed by atoms with van der Waals surface area (Å²) < 4.78 is 0. The normalized spacial score (nSPS) is 11.7. The zero-order valence-electron chi connectivity index (χ0n) is 16.2. The zero-order valence-corrected chi connectivity index (χ0v) is 17.1. The molecule has 0 amide bonds. The summed E-state index contributed by atoms with van der Waals surface area (Å²) >= 11 is 1.58. The molecule has 0 spiro atoms. The molecule has 0 aliphatic carbocycles. The minimum absolute atomic E-state index is 0. The molecule has 0 aliphatic heterocycles. The second-order valence-electron chi connectivity index (χ2n) is 6.57. The first kappa shape index (κ1) is 24.2. The van der Waals surface area contributed by atoms with Crippen molar-refractivity contribution in [1.82, 2.24) is 0 Å². The summed E-state index contributed by atoms with van der Waals surface area (Å²) in [5.74, 6) is -0.0584. The van der Waals surface area contributed by atoms with Crippen LogP contribution in [0.25, 0.3) is 0 Å². The van der Waals surface area contributed by atoms with Crippen LogP contribution in [0, 0.1) is 0 Å². The Morgan fingerprint density at radius 3 is 2.15 bits per heavy atom. The lowest BCUT2D eigenvalue weighted by molar-refractivity contribution is 0.0693. The van der Waals surface area contributed by atoms with E-state index in [9.17, 15) is 9.90 Å². The fourth-order valence-electron chi connectivity index (χ4n) is 2.38. The van der Waals surface area contributed by atoms with Gasteiger partial charge in [0.25, 0.3) is 0 Å². The van der Waals surface area contributed by atoms with Crippen LogP contribution in [0.2, 0.25) is 0 Å². The monoisotopic (exact) mass is 378 g/mol. The molecule has 1 aromatic rings. The molecule has 1 aromatic carbocycles. The van der Waals surface area contributed by atoms with Crippen molar-refractivity contribution < 1.29 is 14.6 Å². The van der Waals surface area contributed by atoms with Crippen molar-refractivity contribution in [2.75, 3.05) is 5.75 Å². The van der Waals surface area contributed by atoms with Crippen molar-refractivity contribution in [2.24, 2.45) is 0 Å². The van der Waals surface area contributed by atoms with Gasteiger partial charge in [-0.25, -0.2) is 4.79 Å². The fourth-order valence-corrected chi connectivity index (χ4v) is 3.41. The molecule has 4 heteroatoms. The van der Waals surface area contributed by atoms with Gasteiger partial charge in [0.15, 0.2) is 0 Å². The van der Waals surface area contributed by atoms with E-state index < -0.39 is 5.97 Å². The Kier molecular flexibility index (Phi) is 12.5. The van der Waals surface area contributed by atoms with Crippen molar-refractivity contribution in [3.8, 4) is 0 Å². The first-order chi connectivity index (χ1) is 11.9. The van der Waals surface area contributed by atoms with Crippen LogP contribution in [0.3, 0.4) is 0 Å². The van der Waals surface area contributed by atoms with E-state index in [1.165, 1.54) is 16.7 Å². The number of carboxylic acid groups (broad SMARTS) is 1. The third kappa shape index (κ3) is 10.2. The van der Waals surface area contributed by atoms with E-state index in [2.05, 4.69) is 45.9 Å². The molecule has 0 aliphatic rings. The lowest BCUT2D eigenvalue weighted by atomic mass is 10.1. The highest BCUT2D eigenvalue weighted by atomic mass is 32.2. The maximum absolute atomic E-state index is 11.2. The third-order valence-electron chi connectivity index (χ3n) is 3.91. The molecule has 0 radical (unpaired) electrons. The van der Waals surface area contributed by atoms with Crippen LogP contribution in [0.15, 0.2) is 64.1 Å². The number of halogens is 1. The number of aromatic carboxylic acids is 1. The van der Waals surface area contributed by atoms with Gasteiger partial charge in [0.05, 0.1) is 5.56 Å². The predicted molar refractivity (Wildman–Crippen MR) is 112 cm³/mol. The number of benzene rings is 1. The summed E-state index contributed by atoms with van der Waals surface area (Å²) in [7, 11) is 0. The number of allylic oxidation sites excluding steroid dienone is 5. The lowest BCUT2D eigenvalue weighted by Gasteiger charge is -2.04. The quantitative estimate of drug-likeness (QED) is 0.350. The van der Waals surface area contributed by atoms with Crippen molar-refractivity contribution in [3.63, 3.8) is 0 Å². The molecule has 1 N–H and O–H groups in total. The largest absolute Gasteiger partial charge is 0.478 e. The highest BCUT2D eigenvalue weighted by molar-refractivity contribution is 7.99. The van der Waals surface area contributed by atoms with Crippen molar-refractivity contribution >= 4 is 17.7 Å². The summed E-state index contributed by atoms with van der Waals surface area (Å²) in [6.45, 7) is 8.63. The molecule has 0 saturated carbocycles. The smallest absolute Gasteiger partial charge is 0.336 e. The van der Waals surface area contributed by atoms with Crippen LogP contribution in [-0.4, -0.2) is 16.8 Å². The van der Waals surface area contributed by atoms with Gasteiger partial charge < -0.3 is 5.11 Å². The van der Waals surface area contributed by atoms with Crippen LogP contribution in [-0.2, 0) is 0 Å². The van der Waals surface area contributed by atoms with E-state index in [-0.39, 0.29) is 4.70 Å². The van der Waals surface area contributed by atoms with Crippen LogP contribution in [0.4, 0.5) is 4.70 Å². The first-order valence-corrected chi connectivity index (χ1v) is 9.78. The second kappa shape index (κ2) is 13.4. The van der Waals surface area contributed by atoms with Gasteiger partial charge in [-0.3, -0.25) is 4.70 Å². The average Bonchev–Trinajstić information content (AvgIpc) is 2.54. The van der Waals surface area contributed by atoms with E-state index in [0.29, 0.717) is 5.56 Å². The topological polar surface area (TPSA) is 37.3 Å². The number of hydrogen-bond donors (Lipinski definition) is 1. The third-order valence-corrected chi connectivity index (χ3v) is 4.91. The van der Waals surface area contributed by atoms with E-state index in [4.69, 9.17) is 0 Å². The molecule has 0 saturated heterocycles. The fraction of sp³-hybridized carbons (Fsp3) is 0.409.